The Kier molecular flexibility index (Phi) is 3.09. The summed E-state index contributed by atoms with van der Waals surface area (Å²) >= 11 is 0. The Labute approximate surface area is 97.5 Å². The average molecular weight is 232 g/mol. The van der Waals surface area contributed by atoms with Crippen molar-refractivity contribution in [2.75, 3.05) is 0 Å². The van der Waals surface area contributed by atoms with Crippen LogP contribution in [-0.4, -0.2) is 10.9 Å². The highest BCUT2D eigenvalue weighted by molar-refractivity contribution is 5.93. The van der Waals surface area contributed by atoms with Gasteiger partial charge in [0.1, 0.15) is 11.5 Å². The molecule has 5 heteroatoms. The van der Waals surface area contributed by atoms with Crippen LogP contribution in [0.1, 0.15) is 21.9 Å². The Hall–Kier alpha value is -2.30. The third kappa shape index (κ3) is 2.84. The first kappa shape index (κ1) is 11.2. The van der Waals surface area contributed by atoms with E-state index in [0.717, 1.165) is 5.76 Å². The van der Waals surface area contributed by atoms with Gasteiger partial charge in [-0.25, -0.2) is 0 Å². The summed E-state index contributed by atoms with van der Waals surface area (Å²) in [5, 5.41) is 2.67. The summed E-state index contributed by atoms with van der Waals surface area (Å²) in [6.07, 6.45) is 1.44. The van der Waals surface area contributed by atoms with Gasteiger partial charge in [-0.2, -0.15) is 0 Å². The molecule has 0 atom stereocenters. The van der Waals surface area contributed by atoms with Crippen molar-refractivity contribution in [3.63, 3.8) is 0 Å². The van der Waals surface area contributed by atoms with Crippen LogP contribution in [0.5, 0.6) is 0 Å². The number of carbonyl (C=O) groups excluding carboxylic acids is 1. The van der Waals surface area contributed by atoms with Gasteiger partial charge in [-0.1, -0.05) is 0 Å². The summed E-state index contributed by atoms with van der Waals surface area (Å²) in [6.45, 7) is 2.14. The van der Waals surface area contributed by atoms with Crippen LogP contribution in [0.4, 0.5) is 0 Å². The number of pyridine rings is 1. The number of aromatic nitrogens is 1. The molecule has 0 bridgehead atoms. The summed E-state index contributed by atoms with van der Waals surface area (Å²) in [5.41, 5.74) is 0.0310. The van der Waals surface area contributed by atoms with E-state index in [2.05, 4.69) is 10.3 Å². The zero-order chi connectivity index (χ0) is 12.3. The summed E-state index contributed by atoms with van der Waals surface area (Å²) in [7, 11) is 0. The zero-order valence-electron chi connectivity index (χ0n) is 9.32. The Balaban J connectivity index is 2.00. The first-order valence-corrected chi connectivity index (χ1v) is 5.17. The van der Waals surface area contributed by atoms with Gasteiger partial charge in [0.2, 0.25) is 5.56 Å². The number of hydrogen-bond donors (Lipinski definition) is 2. The molecule has 0 spiro atoms. The maximum atomic E-state index is 11.7. The maximum absolute atomic E-state index is 11.7. The number of nitrogens with one attached hydrogen (secondary N) is 2. The molecule has 2 aromatic heterocycles. The van der Waals surface area contributed by atoms with Gasteiger partial charge in [-0.3, -0.25) is 9.59 Å². The lowest BCUT2D eigenvalue weighted by Gasteiger charge is -2.02. The second kappa shape index (κ2) is 4.69. The number of H-pyrrole nitrogens is 1. The van der Waals surface area contributed by atoms with Gasteiger partial charge in [0.05, 0.1) is 6.54 Å². The van der Waals surface area contributed by atoms with Crippen LogP contribution in [0.15, 0.2) is 39.7 Å². The van der Waals surface area contributed by atoms with Gasteiger partial charge < -0.3 is 14.7 Å². The molecule has 0 aliphatic carbocycles. The Morgan fingerprint density at radius 2 is 2.24 bits per heavy atom. The summed E-state index contributed by atoms with van der Waals surface area (Å²) in [5.74, 6) is 1.18. The van der Waals surface area contributed by atoms with E-state index in [0.29, 0.717) is 17.9 Å². The molecule has 0 saturated carbocycles. The van der Waals surface area contributed by atoms with Crippen molar-refractivity contribution >= 4 is 5.91 Å². The van der Waals surface area contributed by atoms with E-state index in [1.807, 2.05) is 13.0 Å². The van der Waals surface area contributed by atoms with Crippen molar-refractivity contribution < 1.29 is 9.21 Å². The van der Waals surface area contributed by atoms with Gasteiger partial charge in [0, 0.05) is 17.8 Å². The molecule has 0 unspecified atom stereocenters. The molecule has 2 heterocycles. The maximum Gasteiger partial charge on any atom is 0.251 e. The first-order valence-electron chi connectivity index (χ1n) is 5.17. The van der Waals surface area contributed by atoms with Crippen LogP contribution in [0.3, 0.4) is 0 Å². The number of aromatic amines is 1. The minimum absolute atomic E-state index is 0.300. The molecule has 2 rings (SSSR count). The molecule has 1 amide bonds. The molecule has 0 aromatic carbocycles. The highest BCUT2D eigenvalue weighted by atomic mass is 16.3. The molecular formula is C12H12N2O3. The second-order valence-corrected chi connectivity index (χ2v) is 3.64. The lowest BCUT2D eigenvalue weighted by Crippen LogP contribution is -2.24. The van der Waals surface area contributed by atoms with Gasteiger partial charge in [-0.05, 0) is 25.1 Å². The van der Waals surface area contributed by atoms with E-state index in [9.17, 15) is 9.59 Å². The molecule has 0 radical (unpaired) electrons. The van der Waals surface area contributed by atoms with Gasteiger partial charge >= 0.3 is 0 Å². The van der Waals surface area contributed by atoms with E-state index in [4.69, 9.17) is 4.42 Å². The van der Waals surface area contributed by atoms with Crippen LogP contribution in [0.25, 0.3) is 0 Å². The quantitative estimate of drug-likeness (QED) is 0.835. The van der Waals surface area contributed by atoms with Gasteiger partial charge in [0.25, 0.3) is 5.91 Å². The normalized spacial score (nSPS) is 10.2. The van der Waals surface area contributed by atoms with E-state index in [-0.39, 0.29) is 11.5 Å². The minimum Gasteiger partial charge on any atom is -0.465 e. The molecule has 0 aliphatic rings. The SMILES string of the molecule is Cc1ccc(CNC(=O)c2cc[nH]c(=O)c2)o1. The van der Waals surface area contributed by atoms with Crippen molar-refractivity contribution in [1.82, 2.24) is 10.3 Å². The average Bonchev–Trinajstić information content (AvgIpc) is 2.72. The third-order valence-electron chi connectivity index (χ3n) is 2.26. The zero-order valence-corrected chi connectivity index (χ0v) is 9.32. The fourth-order valence-electron chi connectivity index (χ4n) is 1.44. The van der Waals surface area contributed by atoms with Crippen LogP contribution < -0.4 is 10.9 Å². The van der Waals surface area contributed by atoms with Crippen LogP contribution in [0.2, 0.25) is 0 Å². The number of carbonyl (C=O) groups is 1. The largest absolute Gasteiger partial charge is 0.465 e. The number of hydrogen-bond acceptors (Lipinski definition) is 3. The highest BCUT2D eigenvalue weighted by Gasteiger charge is 2.06. The number of furan rings is 1. The topological polar surface area (TPSA) is 75.1 Å². The Bertz CT molecular complexity index is 583. The Morgan fingerprint density at radius 3 is 2.88 bits per heavy atom. The lowest BCUT2D eigenvalue weighted by atomic mass is 10.2. The van der Waals surface area contributed by atoms with Gasteiger partial charge in [0.15, 0.2) is 0 Å². The molecule has 2 aromatic rings. The summed E-state index contributed by atoms with van der Waals surface area (Å²) < 4.78 is 5.31. The standard InChI is InChI=1S/C12H12N2O3/c1-8-2-3-10(17-8)7-14-12(16)9-4-5-13-11(15)6-9/h2-6H,7H2,1H3,(H,13,15)(H,14,16). The molecule has 2 N–H and O–H groups in total. The van der Waals surface area contributed by atoms with Crippen molar-refractivity contribution in [2.45, 2.75) is 13.5 Å². The lowest BCUT2D eigenvalue weighted by molar-refractivity contribution is 0.0947. The van der Waals surface area contributed by atoms with Gasteiger partial charge in [-0.15, -0.1) is 0 Å². The van der Waals surface area contributed by atoms with Crippen LogP contribution in [-0.2, 0) is 6.54 Å². The highest BCUT2D eigenvalue weighted by Crippen LogP contribution is 2.05. The molecule has 5 nitrogen and oxygen atoms in total. The van der Waals surface area contributed by atoms with Crippen molar-refractivity contribution in [3.8, 4) is 0 Å². The monoisotopic (exact) mass is 232 g/mol. The number of amides is 1. The van der Waals surface area contributed by atoms with Crippen molar-refractivity contribution in [1.29, 1.82) is 0 Å². The van der Waals surface area contributed by atoms with E-state index < -0.39 is 0 Å². The molecular weight excluding hydrogens is 220 g/mol. The van der Waals surface area contributed by atoms with E-state index in [1.165, 1.54) is 12.3 Å². The summed E-state index contributed by atoms with van der Waals surface area (Å²) in [4.78, 5) is 25.1. The Morgan fingerprint density at radius 1 is 1.41 bits per heavy atom. The first-order chi connectivity index (χ1) is 8.15. The molecule has 0 fully saturated rings. The second-order valence-electron chi connectivity index (χ2n) is 3.64. The molecule has 0 aliphatic heterocycles. The number of rotatable bonds is 3. The van der Waals surface area contributed by atoms with Crippen LogP contribution >= 0.6 is 0 Å². The molecule has 17 heavy (non-hydrogen) atoms. The van der Waals surface area contributed by atoms with Crippen molar-refractivity contribution in [3.05, 3.63) is 57.9 Å². The fraction of sp³-hybridized carbons (Fsp3) is 0.167. The smallest absolute Gasteiger partial charge is 0.251 e. The summed E-state index contributed by atoms with van der Waals surface area (Å²) in [6, 6.07) is 6.43. The van der Waals surface area contributed by atoms with Crippen LogP contribution in [0, 0.1) is 6.92 Å². The van der Waals surface area contributed by atoms with E-state index >= 15 is 0 Å². The predicted molar refractivity (Wildman–Crippen MR) is 61.7 cm³/mol. The number of aryl methyl sites for hydroxylation is 1. The molecule has 0 saturated heterocycles. The third-order valence-corrected chi connectivity index (χ3v) is 2.26. The minimum atomic E-state index is -0.301. The fourth-order valence-corrected chi connectivity index (χ4v) is 1.44. The van der Waals surface area contributed by atoms with E-state index in [1.54, 1.807) is 12.1 Å². The van der Waals surface area contributed by atoms with Crippen molar-refractivity contribution in [2.24, 2.45) is 0 Å². The predicted octanol–water partition coefficient (Wildman–Crippen LogP) is 1.21. The molecule has 88 valence electrons.